The Morgan fingerprint density at radius 3 is 2.26 bits per heavy atom. The van der Waals surface area contributed by atoms with E-state index in [1.165, 1.54) is 6.07 Å². The fourth-order valence-corrected chi connectivity index (χ4v) is 3.58. The van der Waals surface area contributed by atoms with E-state index in [1.807, 2.05) is 26.8 Å². The number of ether oxygens (including phenoxy) is 1. The lowest BCUT2D eigenvalue weighted by atomic mass is 10.1. The second kappa shape index (κ2) is 8.43. The van der Waals surface area contributed by atoms with Crippen molar-refractivity contribution >= 4 is 21.5 Å². The zero-order valence-electron chi connectivity index (χ0n) is 16.0. The van der Waals surface area contributed by atoms with Crippen LogP contribution in [0.25, 0.3) is 0 Å². The van der Waals surface area contributed by atoms with Gasteiger partial charge in [-0.15, -0.1) is 0 Å². The lowest BCUT2D eigenvalue weighted by Crippen LogP contribution is -2.10. The number of carboxylic acids is 1. The average molecular weight is 391 g/mol. The summed E-state index contributed by atoms with van der Waals surface area (Å²) in [5.74, 6) is -0.584. The molecule has 2 aromatic rings. The smallest absolute Gasteiger partial charge is 0.335 e. The van der Waals surface area contributed by atoms with Crippen molar-refractivity contribution in [3.05, 3.63) is 47.0 Å². The van der Waals surface area contributed by atoms with E-state index >= 15 is 0 Å². The second-order valence-corrected chi connectivity index (χ2v) is 8.62. The van der Waals surface area contributed by atoms with Gasteiger partial charge in [-0.2, -0.15) is 0 Å². The van der Waals surface area contributed by atoms with Gasteiger partial charge in [-0.25, -0.2) is 13.2 Å². The third kappa shape index (κ3) is 5.47. The Morgan fingerprint density at radius 2 is 1.74 bits per heavy atom. The van der Waals surface area contributed by atoms with E-state index in [0.717, 1.165) is 36.3 Å². The fraction of sp³-hybridized carbons (Fsp3) is 0.350. The molecular weight excluding hydrogens is 366 g/mol. The normalized spacial score (nSPS) is 11.3. The summed E-state index contributed by atoms with van der Waals surface area (Å²) >= 11 is 0. The predicted molar refractivity (Wildman–Crippen MR) is 106 cm³/mol. The van der Waals surface area contributed by atoms with E-state index in [4.69, 9.17) is 4.74 Å². The van der Waals surface area contributed by atoms with Crippen LogP contribution < -0.4 is 10.1 Å². The number of carbonyl (C=O) groups is 1. The first kappa shape index (κ1) is 20.8. The van der Waals surface area contributed by atoms with Gasteiger partial charge >= 0.3 is 5.97 Å². The van der Waals surface area contributed by atoms with Crippen LogP contribution in [0.15, 0.2) is 35.2 Å². The molecule has 0 heterocycles. The standard InChI is InChI=1S/C20H25NO5S/c1-5-6-7-21-17-11-15(20(22)23)12-18(27(4,24)25)19(17)26-16-9-13(2)8-14(3)10-16/h8-12,21H,5-7H2,1-4H3,(H,22,23). The van der Waals surface area contributed by atoms with Crippen molar-refractivity contribution in [2.24, 2.45) is 0 Å². The van der Waals surface area contributed by atoms with E-state index in [2.05, 4.69) is 5.32 Å². The number of sulfone groups is 1. The van der Waals surface area contributed by atoms with E-state index in [-0.39, 0.29) is 16.2 Å². The molecule has 0 amide bonds. The predicted octanol–water partition coefficient (Wildman–Crippen LogP) is 4.41. The van der Waals surface area contributed by atoms with Crippen LogP contribution >= 0.6 is 0 Å². The van der Waals surface area contributed by atoms with Crippen molar-refractivity contribution in [1.29, 1.82) is 0 Å². The molecule has 2 aromatic carbocycles. The molecule has 2 rings (SSSR count). The van der Waals surface area contributed by atoms with Gasteiger partial charge in [0.15, 0.2) is 15.6 Å². The van der Waals surface area contributed by atoms with Crippen molar-refractivity contribution in [2.75, 3.05) is 18.1 Å². The number of aromatic carboxylic acids is 1. The van der Waals surface area contributed by atoms with Crippen LogP contribution in [-0.4, -0.2) is 32.3 Å². The lowest BCUT2D eigenvalue weighted by Gasteiger charge is -2.18. The molecule has 0 aliphatic carbocycles. The molecule has 7 heteroatoms. The number of hydrogen-bond acceptors (Lipinski definition) is 5. The van der Waals surface area contributed by atoms with Crippen LogP contribution in [0.4, 0.5) is 5.69 Å². The van der Waals surface area contributed by atoms with Crippen molar-refractivity contribution in [3.8, 4) is 11.5 Å². The Hall–Kier alpha value is -2.54. The number of anilines is 1. The molecule has 0 saturated carbocycles. The molecule has 0 aliphatic rings. The molecule has 0 unspecified atom stereocenters. The van der Waals surface area contributed by atoms with Crippen LogP contribution in [0.5, 0.6) is 11.5 Å². The molecule has 0 aliphatic heterocycles. The average Bonchev–Trinajstić information content (AvgIpc) is 2.54. The maximum Gasteiger partial charge on any atom is 0.335 e. The Labute approximate surface area is 160 Å². The molecular formula is C20H25NO5S. The Bertz CT molecular complexity index is 931. The molecule has 0 aromatic heterocycles. The fourth-order valence-electron chi connectivity index (χ4n) is 2.75. The highest BCUT2D eigenvalue weighted by atomic mass is 32.2. The molecule has 6 nitrogen and oxygen atoms in total. The largest absolute Gasteiger partial charge is 0.478 e. The van der Waals surface area contributed by atoms with Crippen LogP contribution in [0.3, 0.4) is 0 Å². The van der Waals surface area contributed by atoms with Crippen LogP contribution in [0.1, 0.15) is 41.3 Å². The molecule has 0 saturated heterocycles. The number of benzene rings is 2. The van der Waals surface area contributed by atoms with Crippen LogP contribution in [-0.2, 0) is 9.84 Å². The third-order valence-corrected chi connectivity index (χ3v) is 5.06. The highest BCUT2D eigenvalue weighted by Gasteiger charge is 2.23. The van der Waals surface area contributed by atoms with Crippen LogP contribution in [0.2, 0.25) is 0 Å². The summed E-state index contributed by atoms with van der Waals surface area (Å²) in [4.78, 5) is 11.3. The first-order valence-electron chi connectivity index (χ1n) is 8.73. The Balaban J connectivity index is 2.64. The summed E-state index contributed by atoms with van der Waals surface area (Å²) in [6.07, 6.45) is 2.84. The van der Waals surface area contributed by atoms with Crippen molar-refractivity contribution in [1.82, 2.24) is 0 Å². The molecule has 146 valence electrons. The van der Waals surface area contributed by atoms with Gasteiger partial charge in [0.2, 0.25) is 0 Å². The monoisotopic (exact) mass is 391 g/mol. The second-order valence-electron chi connectivity index (χ2n) is 6.63. The zero-order valence-corrected chi connectivity index (χ0v) is 16.8. The lowest BCUT2D eigenvalue weighted by molar-refractivity contribution is 0.0696. The molecule has 0 bridgehead atoms. The van der Waals surface area contributed by atoms with E-state index in [1.54, 1.807) is 12.1 Å². The van der Waals surface area contributed by atoms with Crippen molar-refractivity contribution < 1.29 is 23.1 Å². The minimum Gasteiger partial charge on any atom is -0.478 e. The number of aryl methyl sites for hydroxylation is 2. The Kier molecular flexibility index (Phi) is 6.49. The van der Waals surface area contributed by atoms with E-state index < -0.39 is 15.8 Å². The molecule has 2 N–H and O–H groups in total. The SMILES string of the molecule is CCCCNc1cc(C(=O)O)cc(S(C)(=O)=O)c1Oc1cc(C)cc(C)c1. The summed E-state index contributed by atoms with van der Waals surface area (Å²) in [6.45, 7) is 6.45. The van der Waals surface area contributed by atoms with E-state index in [9.17, 15) is 18.3 Å². The van der Waals surface area contributed by atoms with Gasteiger partial charge in [0.1, 0.15) is 10.6 Å². The minimum absolute atomic E-state index is 0.109. The molecule has 0 spiro atoms. The maximum absolute atomic E-state index is 12.3. The van der Waals surface area contributed by atoms with Crippen molar-refractivity contribution in [3.63, 3.8) is 0 Å². The summed E-state index contributed by atoms with van der Waals surface area (Å²) < 4.78 is 30.6. The summed E-state index contributed by atoms with van der Waals surface area (Å²) in [5.41, 5.74) is 2.20. The summed E-state index contributed by atoms with van der Waals surface area (Å²) in [6, 6.07) is 8.14. The summed E-state index contributed by atoms with van der Waals surface area (Å²) in [7, 11) is -3.71. The quantitative estimate of drug-likeness (QED) is 0.648. The van der Waals surface area contributed by atoms with Gasteiger partial charge in [0.25, 0.3) is 0 Å². The van der Waals surface area contributed by atoms with Gasteiger partial charge in [-0.3, -0.25) is 0 Å². The van der Waals surface area contributed by atoms with Gasteiger partial charge in [-0.1, -0.05) is 19.4 Å². The minimum atomic E-state index is -3.71. The third-order valence-electron chi connectivity index (χ3n) is 3.96. The first-order chi connectivity index (χ1) is 12.6. The number of hydrogen-bond donors (Lipinski definition) is 2. The maximum atomic E-state index is 12.3. The van der Waals surface area contributed by atoms with Gasteiger partial charge in [-0.05, 0) is 55.7 Å². The van der Waals surface area contributed by atoms with Crippen LogP contribution in [0, 0.1) is 13.8 Å². The van der Waals surface area contributed by atoms with Crippen molar-refractivity contribution in [2.45, 2.75) is 38.5 Å². The van der Waals surface area contributed by atoms with Gasteiger partial charge < -0.3 is 15.2 Å². The molecule has 0 atom stereocenters. The molecule has 27 heavy (non-hydrogen) atoms. The van der Waals surface area contributed by atoms with E-state index in [0.29, 0.717) is 18.0 Å². The first-order valence-corrected chi connectivity index (χ1v) is 10.6. The van der Waals surface area contributed by atoms with Gasteiger partial charge in [0.05, 0.1) is 11.3 Å². The number of rotatable bonds is 8. The number of carboxylic acid groups (broad SMARTS) is 1. The Morgan fingerprint density at radius 1 is 1.11 bits per heavy atom. The number of unbranched alkanes of at least 4 members (excludes halogenated alkanes) is 1. The van der Waals surface area contributed by atoms with Gasteiger partial charge in [0, 0.05) is 12.8 Å². The topological polar surface area (TPSA) is 92.7 Å². The molecule has 0 radical (unpaired) electrons. The number of nitrogens with one attached hydrogen (secondary N) is 1. The highest BCUT2D eigenvalue weighted by molar-refractivity contribution is 7.90. The molecule has 0 fully saturated rings. The highest BCUT2D eigenvalue weighted by Crippen LogP contribution is 2.38. The zero-order chi connectivity index (χ0) is 20.2. The summed E-state index contributed by atoms with van der Waals surface area (Å²) in [5, 5.41) is 12.5.